The SMILES string of the molecule is CCc1cc(NC(=O)N2CCC[C@H]2C(=O)NCc2ccco2)n(C)n1. The molecule has 0 radical (unpaired) electrons. The summed E-state index contributed by atoms with van der Waals surface area (Å²) in [7, 11) is 1.78. The summed E-state index contributed by atoms with van der Waals surface area (Å²) in [4.78, 5) is 26.6. The molecule has 8 heteroatoms. The summed E-state index contributed by atoms with van der Waals surface area (Å²) in [5.74, 6) is 1.15. The molecule has 0 aromatic carbocycles. The molecular weight excluding hydrogens is 322 g/mol. The maximum atomic E-state index is 12.6. The van der Waals surface area contributed by atoms with Gasteiger partial charge in [0.15, 0.2) is 0 Å². The van der Waals surface area contributed by atoms with Crippen LogP contribution in [-0.2, 0) is 24.8 Å². The summed E-state index contributed by atoms with van der Waals surface area (Å²) in [5, 5.41) is 9.99. The normalized spacial score (nSPS) is 16.9. The van der Waals surface area contributed by atoms with Gasteiger partial charge in [0.05, 0.1) is 18.5 Å². The third-order valence-corrected chi connectivity index (χ3v) is 4.36. The minimum Gasteiger partial charge on any atom is -0.467 e. The molecule has 0 unspecified atom stereocenters. The molecule has 3 amide bonds. The van der Waals surface area contributed by atoms with Crippen molar-refractivity contribution in [2.45, 2.75) is 38.8 Å². The van der Waals surface area contributed by atoms with Crippen molar-refractivity contribution in [1.29, 1.82) is 0 Å². The first-order valence-electron chi connectivity index (χ1n) is 8.49. The van der Waals surface area contributed by atoms with E-state index in [4.69, 9.17) is 4.42 Å². The Hall–Kier alpha value is -2.77. The van der Waals surface area contributed by atoms with Gasteiger partial charge in [-0.15, -0.1) is 0 Å². The zero-order valence-corrected chi connectivity index (χ0v) is 14.5. The lowest BCUT2D eigenvalue weighted by atomic mass is 10.2. The average molecular weight is 345 g/mol. The van der Waals surface area contributed by atoms with Crippen LogP contribution in [0.5, 0.6) is 0 Å². The number of likely N-dealkylation sites (tertiary alicyclic amines) is 1. The van der Waals surface area contributed by atoms with Crippen LogP contribution in [-0.4, -0.2) is 39.2 Å². The first-order valence-corrected chi connectivity index (χ1v) is 8.49. The first kappa shape index (κ1) is 17.1. The quantitative estimate of drug-likeness (QED) is 0.865. The van der Waals surface area contributed by atoms with Crippen LogP contribution in [0.1, 0.15) is 31.2 Å². The first-order chi connectivity index (χ1) is 12.1. The Labute approximate surface area is 146 Å². The molecule has 0 saturated carbocycles. The second kappa shape index (κ2) is 7.42. The minimum atomic E-state index is -0.464. The molecule has 2 aromatic rings. The highest BCUT2D eigenvalue weighted by Crippen LogP contribution is 2.20. The number of rotatable bonds is 5. The zero-order chi connectivity index (χ0) is 17.8. The van der Waals surface area contributed by atoms with E-state index in [0.717, 1.165) is 18.5 Å². The van der Waals surface area contributed by atoms with Crippen molar-refractivity contribution >= 4 is 17.8 Å². The Morgan fingerprint density at radius 1 is 1.44 bits per heavy atom. The van der Waals surface area contributed by atoms with E-state index in [0.29, 0.717) is 31.1 Å². The molecule has 25 heavy (non-hydrogen) atoms. The van der Waals surface area contributed by atoms with Gasteiger partial charge < -0.3 is 14.6 Å². The summed E-state index contributed by atoms with van der Waals surface area (Å²) in [6, 6.07) is 4.68. The van der Waals surface area contributed by atoms with Gasteiger partial charge in [0.1, 0.15) is 17.6 Å². The number of amides is 3. The van der Waals surface area contributed by atoms with Crippen LogP contribution in [0.25, 0.3) is 0 Å². The molecule has 0 bridgehead atoms. The van der Waals surface area contributed by atoms with Crippen molar-refractivity contribution in [3.63, 3.8) is 0 Å². The molecule has 0 spiro atoms. The Bertz CT molecular complexity index is 738. The van der Waals surface area contributed by atoms with Crippen LogP contribution in [0, 0.1) is 0 Å². The van der Waals surface area contributed by atoms with E-state index in [9.17, 15) is 9.59 Å². The summed E-state index contributed by atoms with van der Waals surface area (Å²) in [6.07, 6.45) is 3.82. The Kier molecular flexibility index (Phi) is 5.06. The van der Waals surface area contributed by atoms with Gasteiger partial charge in [-0.05, 0) is 31.4 Å². The largest absolute Gasteiger partial charge is 0.467 e. The molecule has 8 nitrogen and oxygen atoms in total. The lowest BCUT2D eigenvalue weighted by Crippen LogP contribution is -2.47. The number of aromatic nitrogens is 2. The molecular formula is C17H23N5O3. The molecule has 2 aromatic heterocycles. The number of aryl methyl sites for hydroxylation is 2. The molecule has 1 fully saturated rings. The molecule has 0 aliphatic carbocycles. The van der Waals surface area contributed by atoms with E-state index in [-0.39, 0.29) is 11.9 Å². The van der Waals surface area contributed by atoms with Crippen LogP contribution in [0.2, 0.25) is 0 Å². The summed E-state index contributed by atoms with van der Waals surface area (Å²) < 4.78 is 6.85. The maximum absolute atomic E-state index is 12.6. The van der Waals surface area contributed by atoms with Gasteiger partial charge in [0.2, 0.25) is 5.91 Å². The number of nitrogens with one attached hydrogen (secondary N) is 2. The highest BCUT2D eigenvalue weighted by molar-refractivity contribution is 5.93. The second-order valence-electron chi connectivity index (χ2n) is 6.08. The summed E-state index contributed by atoms with van der Waals surface area (Å²) >= 11 is 0. The van der Waals surface area contributed by atoms with Crippen molar-refractivity contribution in [3.05, 3.63) is 35.9 Å². The van der Waals surface area contributed by atoms with E-state index < -0.39 is 6.04 Å². The molecule has 3 rings (SSSR count). The predicted octanol–water partition coefficient (Wildman–Crippen LogP) is 1.89. The monoisotopic (exact) mass is 345 g/mol. The maximum Gasteiger partial charge on any atom is 0.323 e. The Morgan fingerprint density at radius 2 is 2.28 bits per heavy atom. The van der Waals surface area contributed by atoms with E-state index >= 15 is 0 Å². The number of carbonyl (C=O) groups is 2. The van der Waals surface area contributed by atoms with E-state index in [2.05, 4.69) is 15.7 Å². The topological polar surface area (TPSA) is 92.4 Å². The smallest absolute Gasteiger partial charge is 0.323 e. The number of furan rings is 1. The fourth-order valence-electron chi connectivity index (χ4n) is 2.99. The van der Waals surface area contributed by atoms with Crippen LogP contribution in [0.15, 0.2) is 28.9 Å². The van der Waals surface area contributed by atoms with Crippen molar-refractivity contribution < 1.29 is 14.0 Å². The highest BCUT2D eigenvalue weighted by Gasteiger charge is 2.34. The molecule has 1 aliphatic rings. The van der Waals surface area contributed by atoms with Crippen molar-refractivity contribution in [2.75, 3.05) is 11.9 Å². The molecule has 134 valence electrons. The van der Waals surface area contributed by atoms with Gasteiger partial charge in [0.25, 0.3) is 0 Å². The van der Waals surface area contributed by atoms with Crippen molar-refractivity contribution in [3.8, 4) is 0 Å². The standard InChI is InChI=1S/C17H23N5O3/c1-3-12-10-15(21(2)20-12)19-17(24)22-8-4-7-14(22)16(23)18-11-13-6-5-9-25-13/h5-6,9-10,14H,3-4,7-8,11H2,1-2H3,(H,18,23)(H,19,24)/t14-/m0/s1. The van der Waals surface area contributed by atoms with Gasteiger partial charge in [-0.1, -0.05) is 6.92 Å². The lowest BCUT2D eigenvalue weighted by molar-refractivity contribution is -0.124. The van der Waals surface area contributed by atoms with Gasteiger partial charge in [-0.3, -0.25) is 14.8 Å². The van der Waals surface area contributed by atoms with Gasteiger partial charge in [0, 0.05) is 19.7 Å². The predicted molar refractivity (Wildman–Crippen MR) is 91.9 cm³/mol. The van der Waals surface area contributed by atoms with E-state index in [1.807, 2.05) is 13.0 Å². The van der Waals surface area contributed by atoms with Crippen molar-refractivity contribution in [1.82, 2.24) is 20.0 Å². The second-order valence-corrected chi connectivity index (χ2v) is 6.08. The Balaban J connectivity index is 1.60. The fourth-order valence-corrected chi connectivity index (χ4v) is 2.99. The molecule has 1 saturated heterocycles. The number of hydrogen-bond acceptors (Lipinski definition) is 4. The van der Waals surface area contributed by atoms with Crippen molar-refractivity contribution in [2.24, 2.45) is 7.05 Å². The molecule has 3 heterocycles. The number of hydrogen-bond donors (Lipinski definition) is 2. The van der Waals surface area contributed by atoms with Gasteiger partial charge >= 0.3 is 6.03 Å². The van der Waals surface area contributed by atoms with Crippen LogP contribution in [0.3, 0.4) is 0 Å². The third kappa shape index (κ3) is 3.84. The number of nitrogens with zero attached hydrogens (tertiary/aromatic N) is 3. The average Bonchev–Trinajstić information content (AvgIpc) is 3.34. The minimum absolute atomic E-state index is 0.164. The zero-order valence-electron chi connectivity index (χ0n) is 14.5. The summed E-state index contributed by atoms with van der Waals surface area (Å²) in [5.41, 5.74) is 0.909. The van der Waals surface area contributed by atoms with Gasteiger partial charge in [-0.2, -0.15) is 5.10 Å². The highest BCUT2D eigenvalue weighted by atomic mass is 16.3. The van der Waals surface area contributed by atoms with Crippen LogP contribution < -0.4 is 10.6 Å². The van der Waals surface area contributed by atoms with Gasteiger partial charge in [-0.25, -0.2) is 4.79 Å². The number of anilines is 1. The van der Waals surface area contributed by atoms with Crippen LogP contribution in [0.4, 0.5) is 10.6 Å². The lowest BCUT2D eigenvalue weighted by Gasteiger charge is -2.24. The molecule has 1 aliphatic heterocycles. The van der Waals surface area contributed by atoms with E-state index in [1.165, 1.54) is 0 Å². The van der Waals surface area contributed by atoms with Crippen LogP contribution >= 0.6 is 0 Å². The third-order valence-electron chi connectivity index (χ3n) is 4.36. The molecule has 1 atom stereocenters. The number of carbonyl (C=O) groups excluding carboxylic acids is 2. The van der Waals surface area contributed by atoms with E-state index in [1.54, 1.807) is 35.0 Å². The Morgan fingerprint density at radius 3 is 2.96 bits per heavy atom. The fraction of sp³-hybridized carbons (Fsp3) is 0.471. The molecule has 2 N–H and O–H groups in total. The summed E-state index contributed by atoms with van der Waals surface area (Å²) in [6.45, 7) is 2.89. The number of urea groups is 1.